The molecule has 0 bridgehead atoms. The van der Waals surface area contributed by atoms with Crippen molar-refractivity contribution in [2.75, 3.05) is 6.54 Å². The van der Waals surface area contributed by atoms with E-state index in [1.54, 1.807) is 11.3 Å². The molecular formula is C17H19NO2S. The molecule has 1 amide bonds. The first kappa shape index (κ1) is 14.3. The summed E-state index contributed by atoms with van der Waals surface area (Å²) >= 11 is 1.54. The molecule has 0 spiro atoms. The molecule has 0 radical (unpaired) electrons. The summed E-state index contributed by atoms with van der Waals surface area (Å²) in [4.78, 5) is 12.2. The summed E-state index contributed by atoms with van der Waals surface area (Å²) in [5, 5.41) is 16.6. The quantitative estimate of drug-likeness (QED) is 0.911. The number of carbonyl (C=O) groups is 1. The molecule has 3 rings (SSSR count). The highest BCUT2D eigenvalue weighted by Gasteiger charge is 2.14. The summed E-state index contributed by atoms with van der Waals surface area (Å²) in [5.74, 6) is -0.113. The van der Waals surface area contributed by atoms with Crippen LogP contribution in [0.5, 0.6) is 0 Å². The second kappa shape index (κ2) is 6.41. The predicted octanol–water partition coefficient (Wildman–Crippen LogP) is 3.09. The van der Waals surface area contributed by atoms with Gasteiger partial charge in [0.15, 0.2) is 0 Å². The summed E-state index contributed by atoms with van der Waals surface area (Å²) in [6.45, 7) is 0.243. The van der Waals surface area contributed by atoms with Gasteiger partial charge in [-0.3, -0.25) is 4.79 Å². The summed E-state index contributed by atoms with van der Waals surface area (Å²) in [5.41, 5.74) is 4.21. The Morgan fingerprint density at radius 3 is 2.81 bits per heavy atom. The molecule has 1 atom stereocenters. The Kier molecular flexibility index (Phi) is 4.36. The molecule has 1 unspecified atom stereocenters. The van der Waals surface area contributed by atoms with E-state index >= 15 is 0 Å². The number of hydrogen-bond donors (Lipinski definition) is 2. The van der Waals surface area contributed by atoms with Crippen LogP contribution in [0.2, 0.25) is 0 Å². The number of aryl methyl sites for hydroxylation is 2. The average Bonchev–Trinajstić information content (AvgIpc) is 3.06. The first-order chi connectivity index (χ1) is 10.2. The van der Waals surface area contributed by atoms with Crippen molar-refractivity contribution < 1.29 is 9.90 Å². The van der Waals surface area contributed by atoms with Gasteiger partial charge in [0.2, 0.25) is 0 Å². The zero-order valence-corrected chi connectivity index (χ0v) is 12.7. The molecule has 4 heteroatoms. The minimum Gasteiger partial charge on any atom is -0.387 e. The number of nitrogens with one attached hydrogen (secondary N) is 1. The Balaban J connectivity index is 1.63. The summed E-state index contributed by atoms with van der Waals surface area (Å²) in [6.07, 6.45) is 3.99. The van der Waals surface area contributed by atoms with Crippen LogP contribution in [0.25, 0.3) is 0 Å². The monoisotopic (exact) mass is 301 g/mol. The number of carbonyl (C=O) groups excluding carboxylic acids is 1. The fraction of sp³-hybridized carbons (Fsp3) is 0.353. The number of fused-ring (bicyclic) bond motifs is 1. The Labute approximate surface area is 128 Å². The number of aliphatic hydroxyl groups excluding tert-OH is 1. The van der Waals surface area contributed by atoms with E-state index in [-0.39, 0.29) is 12.5 Å². The fourth-order valence-corrected chi connectivity index (χ4v) is 3.46. The molecule has 21 heavy (non-hydrogen) atoms. The second-order valence-electron chi connectivity index (χ2n) is 5.47. The normalized spacial score (nSPS) is 15.3. The average molecular weight is 301 g/mol. The Bertz CT molecular complexity index is 622. The predicted molar refractivity (Wildman–Crippen MR) is 84.7 cm³/mol. The molecule has 1 aliphatic rings. The molecule has 2 N–H and O–H groups in total. The van der Waals surface area contributed by atoms with Crippen molar-refractivity contribution in [3.05, 3.63) is 57.3 Å². The number of thiophene rings is 1. The van der Waals surface area contributed by atoms with E-state index in [1.807, 2.05) is 29.0 Å². The zero-order valence-electron chi connectivity index (χ0n) is 11.8. The van der Waals surface area contributed by atoms with Gasteiger partial charge in [-0.2, -0.15) is 11.3 Å². The minimum atomic E-state index is -0.641. The van der Waals surface area contributed by atoms with E-state index in [9.17, 15) is 9.90 Å². The van der Waals surface area contributed by atoms with Gasteiger partial charge in [0, 0.05) is 12.1 Å². The van der Waals surface area contributed by atoms with Gasteiger partial charge in [0.05, 0.1) is 6.10 Å². The highest BCUT2D eigenvalue weighted by atomic mass is 32.1. The van der Waals surface area contributed by atoms with Crippen molar-refractivity contribution in [2.24, 2.45) is 0 Å². The van der Waals surface area contributed by atoms with Gasteiger partial charge in [-0.15, -0.1) is 0 Å². The van der Waals surface area contributed by atoms with E-state index < -0.39 is 6.10 Å². The molecular weight excluding hydrogens is 282 g/mol. The molecule has 3 nitrogen and oxygen atoms in total. The van der Waals surface area contributed by atoms with Crippen molar-refractivity contribution in [3.63, 3.8) is 0 Å². The van der Waals surface area contributed by atoms with Gasteiger partial charge in [-0.1, -0.05) is 6.07 Å². The van der Waals surface area contributed by atoms with Crippen LogP contribution in [0.15, 0.2) is 35.0 Å². The highest BCUT2D eigenvalue weighted by Crippen LogP contribution is 2.22. The maximum Gasteiger partial charge on any atom is 0.251 e. The third kappa shape index (κ3) is 3.34. The maximum absolute atomic E-state index is 12.2. The van der Waals surface area contributed by atoms with Crippen LogP contribution in [0, 0.1) is 0 Å². The van der Waals surface area contributed by atoms with Crippen LogP contribution in [0.1, 0.15) is 46.0 Å². The van der Waals surface area contributed by atoms with E-state index in [4.69, 9.17) is 0 Å². The number of hydrogen-bond acceptors (Lipinski definition) is 3. The van der Waals surface area contributed by atoms with Gasteiger partial charge in [-0.05, 0) is 71.3 Å². The van der Waals surface area contributed by atoms with Crippen LogP contribution >= 0.6 is 11.3 Å². The molecule has 110 valence electrons. The molecule has 2 aromatic rings. The molecule has 0 fully saturated rings. The third-order valence-corrected chi connectivity index (χ3v) is 4.70. The second-order valence-corrected chi connectivity index (χ2v) is 6.25. The van der Waals surface area contributed by atoms with Crippen LogP contribution in [0.3, 0.4) is 0 Å². The van der Waals surface area contributed by atoms with Gasteiger partial charge in [0.25, 0.3) is 5.91 Å². The Morgan fingerprint density at radius 2 is 2.05 bits per heavy atom. The van der Waals surface area contributed by atoms with Gasteiger partial charge < -0.3 is 10.4 Å². The smallest absolute Gasteiger partial charge is 0.251 e. The lowest BCUT2D eigenvalue weighted by atomic mass is 9.90. The van der Waals surface area contributed by atoms with Gasteiger partial charge in [-0.25, -0.2) is 0 Å². The molecule has 0 saturated heterocycles. The highest BCUT2D eigenvalue weighted by molar-refractivity contribution is 7.07. The molecule has 1 aromatic carbocycles. The molecule has 1 aliphatic carbocycles. The van der Waals surface area contributed by atoms with Crippen molar-refractivity contribution >= 4 is 17.2 Å². The van der Waals surface area contributed by atoms with E-state index in [2.05, 4.69) is 11.4 Å². The third-order valence-electron chi connectivity index (χ3n) is 3.99. The summed E-state index contributed by atoms with van der Waals surface area (Å²) in [7, 11) is 0. The van der Waals surface area contributed by atoms with Gasteiger partial charge >= 0.3 is 0 Å². The Morgan fingerprint density at radius 1 is 1.24 bits per heavy atom. The molecule has 1 aromatic heterocycles. The SMILES string of the molecule is O=C(NCC(O)c1ccsc1)c1ccc2c(c1)CCCC2. The van der Waals surface area contributed by atoms with Crippen molar-refractivity contribution in [1.82, 2.24) is 5.32 Å². The topological polar surface area (TPSA) is 49.3 Å². The lowest BCUT2D eigenvalue weighted by molar-refractivity contribution is 0.0916. The van der Waals surface area contributed by atoms with E-state index in [0.29, 0.717) is 5.56 Å². The Hall–Kier alpha value is -1.65. The van der Waals surface area contributed by atoms with Crippen LogP contribution in [0.4, 0.5) is 0 Å². The van der Waals surface area contributed by atoms with Crippen molar-refractivity contribution in [3.8, 4) is 0 Å². The standard InChI is InChI=1S/C17H19NO2S/c19-16(15-7-8-21-11-15)10-18-17(20)14-6-5-12-3-1-2-4-13(12)9-14/h5-9,11,16,19H,1-4,10H2,(H,18,20). The number of benzene rings is 1. The first-order valence-corrected chi connectivity index (χ1v) is 8.28. The van der Waals surface area contributed by atoms with Crippen LogP contribution in [-0.4, -0.2) is 17.6 Å². The fourth-order valence-electron chi connectivity index (χ4n) is 2.75. The number of amides is 1. The van der Waals surface area contributed by atoms with Crippen molar-refractivity contribution in [1.29, 1.82) is 0 Å². The molecule has 0 saturated carbocycles. The largest absolute Gasteiger partial charge is 0.387 e. The lowest BCUT2D eigenvalue weighted by Gasteiger charge is -2.17. The summed E-state index contributed by atoms with van der Waals surface area (Å²) in [6, 6.07) is 7.83. The lowest BCUT2D eigenvalue weighted by Crippen LogP contribution is -2.28. The first-order valence-electron chi connectivity index (χ1n) is 7.34. The van der Waals surface area contributed by atoms with E-state index in [1.165, 1.54) is 24.0 Å². The van der Waals surface area contributed by atoms with Gasteiger partial charge in [0.1, 0.15) is 0 Å². The van der Waals surface area contributed by atoms with Crippen molar-refractivity contribution in [2.45, 2.75) is 31.8 Å². The number of aliphatic hydroxyl groups is 1. The minimum absolute atomic E-state index is 0.113. The summed E-state index contributed by atoms with van der Waals surface area (Å²) < 4.78 is 0. The zero-order chi connectivity index (χ0) is 14.7. The maximum atomic E-state index is 12.2. The van der Waals surface area contributed by atoms with E-state index in [0.717, 1.165) is 18.4 Å². The number of rotatable bonds is 4. The molecule has 1 heterocycles. The molecule has 0 aliphatic heterocycles. The van der Waals surface area contributed by atoms with Crippen LogP contribution < -0.4 is 5.32 Å². The van der Waals surface area contributed by atoms with Crippen LogP contribution in [-0.2, 0) is 12.8 Å².